The second-order valence-corrected chi connectivity index (χ2v) is 6.13. The third-order valence-electron chi connectivity index (χ3n) is 4.86. The number of carbonyl (C=O) groups excluding carboxylic acids is 1. The lowest BCUT2D eigenvalue weighted by Gasteiger charge is -2.46. The average Bonchev–Trinajstić information content (AvgIpc) is 2.67. The van der Waals surface area contributed by atoms with Crippen LogP contribution < -0.4 is 10.6 Å². The zero-order valence-corrected chi connectivity index (χ0v) is 11.4. The van der Waals surface area contributed by atoms with Crippen LogP contribution in [0.2, 0.25) is 0 Å². The summed E-state index contributed by atoms with van der Waals surface area (Å²) in [5.41, 5.74) is -2.35. The molecule has 1 amide bonds. The summed E-state index contributed by atoms with van der Waals surface area (Å²) in [5.74, 6) is -0.356. The van der Waals surface area contributed by atoms with Crippen LogP contribution in [0.5, 0.6) is 0 Å². The van der Waals surface area contributed by atoms with Gasteiger partial charge < -0.3 is 10.6 Å². The third kappa shape index (κ3) is 0.853. The van der Waals surface area contributed by atoms with Crippen molar-refractivity contribution < 1.29 is 4.79 Å². The van der Waals surface area contributed by atoms with Crippen LogP contribution in [0.15, 0.2) is 10.2 Å². The highest BCUT2D eigenvalue weighted by Crippen LogP contribution is 2.65. The van der Waals surface area contributed by atoms with E-state index in [9.17, 15) is 15.3 Å². The minimum Gasteiger partial charge on any atom is -0.356 e. The van der Waals surface area contributed by atoms with Gasteiger partial charge in [-0.25, -0.2) is 0 Å². The van der Waals surface area contributed by atoms with E-state index < -0.39 is 16.5 Å². The van der Waals surface area contributed by atoms with Crippen molar-refractivity contribution >= 4 is 21.8 Å². The van der Waals surface area contributed by atoms with Crippen LogP contribution in [0.3, 0.4) is 0 Å². The molecule has 0 aromatic rings. The molecule has 92 valence electrons. The van der Waals surface area contributed by atoms with E-state index in [1.54, 1.807) is 0 Å². The molecule has 1 saturated heterocycles. The molecule has 3 rings (SSSR count). The summed E-state index contributed by atoms with van der Waals surface area (Å²) in [6.45, 7) is 1.92. The summed E-state index contributed by atoms with van der Waals surface area (Å²) in [4.78, 5) is 12.4. The molecule has 3 atom stereocenters. The van der Waals surface area contributed by atoms with Gasteiger partial charge >= 0.3 is 0 Å². The normalized spacial score (nSPS) is 44.8. The number of halogens is 1. The van der Waals surface area contributed by atoms with Gasteiger partial charge in [0.25, 0.3) is 0 Å². The number of hydrogen-bond donors (Lipinski definition) is 2. The van der Waals surface area contributed by atoms with Gasteiger partial charge in [0, 0.05) is 5.41 Å². The molecule has 5 nitrogen and oxygen atoms in total. The van der Waals surface area contributed by atoms with Gasteiger partial charge in [0.2, 0.25) is 5.91 Å². The zero-order chi connectivity index (χ0) is 13.2. The van der Waals surface area contributed by atoms with Gasteiger partial charge in [-0.15, -0.1) is 0 Å². The van der Waals surface area contributed by atoms with Crippen molar-refractivity contribution in [2.75, 3.05) is 0 Å². The Morgan fingerprint density at radius 2 is 2.06 bits per heavy atom. The molecule has 6 heteroatoms. The Balaban J connectivity index is 2.39. The molecule has 1 aliphatic carbocycles. The largest absolute Gasteiger partial charge is 0.356 e. The summed E-state index contributed by atoms with van der Waals surface area (Å²) < 4.78 is 0.462. The number of nitrogens with zero attached hydrogens (tertiary/aromatic N) is 2. The minimum absolute atomic E-state index is 0.194. The van der Waals surface area contributed by atoms with Gasteiger partial charge in [-0.3, -0.25) is 4.79 Å². The lowest BCUT2D eigenvalue weighted by Crippen LogP contribution is -2.62. The van der Waals surface area contributed by atoms with E-state index >= 15 is 0 Å². The fourth-order valence-electron chi connectivity index (χ4n) is 3.84. The second-order valence-electron chi connectivity index (χ2n) is 5.33. The molecule has 0 aromatic heterocycles. The van der Waals surface area contributed by atoms with Crippen LogP contribution in [-0.2, 0) is 4.79 Å². The highest BCUT2D eigenvalue weighted by Gasteiger charge is 2.76. The lowest BCUT2D eigenvalue weighted by atomic mass is 9.58. The monoisotopic (exact) mass is 306 g/mol. The molecule has 3 unspecified atom stereocenters. The molecule has 3 aliphatic rings. The maximum absolute atomic E-state index is 12.4. The number of rotatable bonds is 0. The van der Waals surface area contributed by atoms with E-state index in [1.165, 1.54) is 0 Å². The summed E-state index contributed by atoms with van der Waals surface area (Å²) in [6, 6.07) is 4.16. The van der Waals surface area contributed by atoms with Crippen molar-refractivity contribution in [3.8, 4) is 12.1 Å². The third-order valence-corrected chi connectivity index (χ3v) is 5.46. The molecule has 2 fully saturated rings. The number of nitrogens with one attached hydrogen (secondary N) is 2. The molecule has 1 saturated carbocycles. The first kappa shape index (κ1) is 11.6. The maximum atomic E-state index is 12.4. The van der Waals surface area contributed by atoms with Crippen LogP contribution in [0.1, 0.15) is 26.2 Å². The van der Waals surface area contributed by atoms with Crippen molar-refractivity contribution in [2.45, 2.75) is 31.8 Å². The fourth-order valence-corrected chi connectivity index (χ4v) is 4.57. The first-order valence-corrected chi connectivity index (χ1v) is 6.59. The van der Waals surface area contributed by atoms with Crippen molar-refractivity contribution in [1.29, 1.82) is 10.5 Å². The molecule has 2 N–H and O–H groups in total. The van der Waals surface area contributed by atoms with E-state index in [1.807, 2.05) is 13.0 Å². The first-order chi connectivity index (χ1) is 8.47. The van der Waals surface area contributed by atoms with Gasteiger partial charge in [-0.05, 0) is 35.2 Å². The Hall–Kier alpha value is -1.53. The van der Waals surface area contributed by atoms with Crippen molar-refractivity contribution in [3.63, 3.8) is 0 Å². The van der Waals surface area contributed by atoms with Crippen LogP contribution in [0.4, 0.5) is 0 Å². The van der Waals surface area contributed by atoms with Gasteiger partial charge in [0.05, 0.1) is 22.3 Å². The van der Waals surface area contributed by atoms with Crippen molar-refractivity contribution in [3.05, 3.63) is 10.2 Å². The topological polar surface area (TPSA) is 88.7 Å². The molecule has 2 heterocycles. The van der Waals surface area contributed by atoms with Crippen LogP contribution >= 0.6 is 15.9 Å². The smallest absolute Gasteiger partial charge is 0.248 e. The first-order valence-electron chi connectivity index (χ1n) is 5.80. The number of carbonyl (C=O) groups is 1. The van der Waals surface area contributed by atoms with Crippen LogP contribution in [0.25, 0.3) is 0 Å². The SMILES string of the molecule is CC12CCCC13NC(=O)C2(C#N)C(C#N)=C(Br)N3. The summed E-state index contributed by atoms with van der Waals surface area (Å²) in [5, 5.41) is 25.1. The highest BCUT2D eigenvalue weighted by molar-refractivity contribution is 9.11. The van der Waals surface area contributed by atoms with Gasteiger partial charge in [-0.2, -0.15) is 10.5 Å². The summed E-state index contributed by atoms with van der Waals surface area (Å²) in [6.07, 6.45) is 2.44. The Labute approximate surface area is 113 Å². The number of nitriles is 2. The molecule has 0 aromatic carbocycles. The number of hydrogen-bond acceptors (Lipinski definition) is 4. The van der Waals surface area contributed by atoms with E-state index in [4.69, 9.17) is 0 Å². The van der Waals surface area contributed by atoms with Gasteiger partial charge in [-0.1, -0.05) is 6.92 Å². The Bertz CT molecular complexity index is 586. The average molecular weight is 307 g/mol. The Kier molecular flexibility index (Phi) is 1.97. The van der Waals surface area contributed by atoms with Crippen molar-refractivity contribution in [2.24, 2.45) is 10.8 Å². The van der Waals surface area contributed by atoms with Gasteiger partial charge in [0.1, 0.15) is 5.66 Å². The lowest BCUT2D eigenvalue weighted by molar-refractivity contribution is -0.125. The fraction of sp³-hybridized carbons (Fsp3) is 0.583. The quantitative estimate of drug-likeness (QED) is 0.659. The number of amides is 1. The van der Waals surface area contributed by atoms with E-state index in [0.29, 0.717) is 4.61 Å². The predicted octanol–water partition coefficient (Wildman–Crippen LogP) is 1.25. The zero-order valence-electron chi connectivity index (χ0n) is 9.80. The van der Waals surface area contributed by atoms with Crippen LogP contribution in [0, 0.1) is 33.5 Å². The van der Waals surface area contributed by atoms with Crippen LogP contribution in [-0.4, -0.2) is 11.6 Å². The summed E-state index contributed by atoms with van der Waals surface area (Å²) in [7, 11) is 0. The molecular formula is C12H11BrN4O. The molecule has 0 spiro atoms. The molecular weight excluding hydrogens is 296 g/mol. The second kappa shape index (κ2) is 3.07. The Morgan fingerprint density at radius 1 is 1.33 bits per heavy atom. The van der Waals surface area contributed by atoms with E-state index in [0.717, 1.165) is 19.3 Å². The Morgan fingerprint density at radius 3 is 2.67 bits per heavy atom. The maximum Gasteiger partial charge on any atom is 0.248 e. The highest BCUT2D eigenvalue weighted by atomic mass is 79.9. The molecule has 2 aliphatic heterocycles. The predicted molar refractivity (Wildman–Crippen MR) is 65.6 cm³/mol. The van der Waals surface area contributed by atoms with E-state index in [2.05, 4.69) is 32.6 Å². The van der Waals surface area contributed by atoms with Gasteiger partial charge in [0.15, 0.2) is 5.41 Å². The minimum atomic E-state index is -1.37. The van der Waals surface area contributed by atoms with Crippen molar-refractivity contribution in [1.82, 2.24) is 10.6 Å². The van der Waals surface area contributed by atoms with E-state index in [-0.39, 0.29) is 11.5 Å². The standard InChI is InChI=1S/C12H11BrN4O/c1-10-3-2-4-12(10)16-8(13)7(5-14)11(10,6-15)9(18)17-12/h16H,2-4H2,1H3,(H,17,18). The molecule has 2 bridgehead atoms. The summed E-state index contributed by atoms with van der Waals surface area (Å²) >= 11 is 3.30. The molecule has 18 heavy (non-hydrogen) atoms. The molecule has 0 radical (unpaired) electrons.